The fourth-order valence-corrected chi connectivity index (χ4v) is 6.08. The Morgan fingerprint density at radius 3 is 2.62 bits per heavy atom. The molecule has 6 rings (SSSR count). The van der Waals surface area contributed by atoms with Crippen molar-refractivity contribution >= 4 is 46.0 Å². The van der Waals surface area contributed by atoms with Gasteiger partial charge in [0.25, 0.3) is 0 Å². The zero-order chi connectivity index (χ0) is 29.1. The number of nitrogens with one attached hydrogen (secondary N) is 1. The van der Waals surface area contributed by atoms with Crippen LogP contribution in [-0.4, -0.2) is 45.5 Å². The second-order valence-corrected chi connectivity index (χ2v) is 11.4. The molecule has 2 saturated heterocycles. The molecular weight excluding hydrogens is 580 g/mol. The normalized spacial score (nSPS) is 19.1. The van der Waals surface area contributed by atoms with Gasteiger partial charge in [0.1, 0.15) is 23.8 Å². The van der Waals surface area contributed by atoms with Crippen LogP contribution in [0, 0.1) is 0 Å². The lowest BCUT2D eigenvalue weighted by Crippen LogP contribution is -2.34. The van der Waals surface area contributed by atoms with Gasteiger partial charge in [0.2, 0.25) is 5.88 Å². The molecule has 2 fully saturated rings. The zero-order valence-electron chi connectivity index (χ0n) is 23.2. The summed E-state index contributed by atoms with van der Waals surface area (Å²) in [6, 6.07) is 9.02. The number of hydrogen-bond donors (Lipinski definition) is 1. The van der Waals surface area contributed by atoms with Crippen LogP contribution in [0.5, 0.6) is 11.6 Å². The summed E-state index contributed by atoms with van der Waals surface area (Å²) in [6.07, 6.45) is 10.2. The molecule has 1 N–H and O–H groups in total. The molecule has 2 aliphatic rings. The summed E-state index contributed by atoms with van der Waals surface area (Å²) in [5.74, 6) is 0.606. The Morgan fingerprint density at radius 1 is 1.10 bits per heavy atom. The molecule has 0 spiro atoms. The average molecular weight is 613 g/mol. The average Bonchev–Trinajstić information content (AvgIpc) is 3.35. The summed E-state index contributed by atoms with van der Waals surface area (Å²) in [5.41, 5.74) is 2.27. The molecule has 3 aromatic heterocycles. The van der Waals surface area contributed by atoms with Crippen molar-refractivity contribution in [1.82, 2.24) is 25.1 Å². The Balaban J connectivity index is 1.30. The van der Waals surface area contributed by atoms with Gasteiger partial charge in [-0.3, -0.25) is 4.98 Å². The van der Waals surface area contributed by atoms with Gasteiger partial charge >= 0.3 is 0 Å². The van der Waals surface area contributed by atoms with Crippen LogP contribution in [-0.2, 0) is 4.74 Å². The highest BCUT2D eigenvalue weighted by molar-refractivity contribution is 6.35. The van der Waals surface area contributed by atoms with Crippen LogP contribution in [0.2, 0.25) is 10.0 Å². The lowest BCUT2D eigenvalue weighted by atomic mass is 10.1. The first-order valence-corrected chi connectivity index (χ1v) is 15.0. The predicted molar refractivity (Wildman–Crippen MR) is 162 cm³/mol. The first-order chi connectivity index (χ1) is 20.5. The van der Waals surface area contributed by atoms with Crippen LogP contribution in [0.25, 0.3) is 22.8 Å². The summed E-state index contributed by atoms with van der Waals surface area (Å²) in [7, 11) is 0. The molecule has 5 heterocycles. The van der Waals surface area contributed by atoms with Crippen molar-refractivity contribution in [3.8, 4) is 11.6 Å². The van der Waals surface area contributed by atoms with Crippen molar-refractivity contribution in [2.45, 2.75) is 57.5 Å². The molecule has 2 atom stereocenters. The van der Waals surface area contributed by atoms with Crippen molar-refractivity contribution in [3.05, 3.63) is 75.8 Å². The van der Waals surface area contributed by atoms with E-state index in [1.54, 1.807) is 12.1 Å². The topological polar surface area (TPSA) is 83.3 Å². The number of piperidine rings is 1. The van der Waals surface area contributed by atoms with Crippen LogP contribution in [0.15, 0.2) is 48.9 Å². The SMILES string of the molecule is C[C@@H](Oc1ccc2c(c1)c(/C=C(\F)c1ccc(OC3CCNCC3)nc1)nn2C1CCCCO1)c1c(Cl)cncc1Cl. The maximum atomic E-state index is 15.6. The third kappa shape index (κ3) is 6.39. The minimum atomic E-state index is -0.456. The van der Waals surface area contributed by atoms with Crippen LogP contribution >= 0.6 is 23.2 Å². The summed E-state index contributed by atoms with van der Waals surface area (Å²) < 4.78 is 35.7. The molecule has 4 aromatic rings. The third-order valence-corrected chi connectivity index (χ3v) is 8.20. The number of aromatic nitrogens is 4. The van der Waals surface area contributed by atoms with Gasteiger partial charge in [-0.25, -0.2) is 14.1 Å². The van der Waals surface area contributed by atoms with E-state index in [9.17, 15) is 0 Å². The van der Waals surface area contributed by atoms with Gasteiger partial charge in [-0.15, -0.1) is 0 Å². The van der Waals surface area contributed by atoms with Crippen LogP contribution in [0.4, 0.5) is 4.39 Å². The molecule has 0 aliphatic carbocycles. The molecule has 1 unspecified atom stereocenters. The highest BCUT2D eigenvalue weighted by Gasteiger charge is 2.23. The number of fused-ring (bicyclic) bond motifs is 1. The zero-order valence-corrected chi connectivity index (χ0v) is 24.7. The van der Waals surface area contributed by atoms with Gasteiger partial charge in [0, 0.05) is 53.9 Å². The lowest BCUT2D eigenvalue weighted by molar-refractivity contribution is -0.0367. The standard InChI is InChI=1S/C31H32Cl2FN5O3/c1-19(31-24(32)17-36-18-25(31)33)41-22-6-7-28-23(14-22)27(38-39(28)30-4-2-3-13-40-30)15-26(34)20-5-8-29(37-16-20)42-21-9-11-35-12-10-21/h5-8,14-19,21,30,35H,2-4,9-13H2,1H3/b26-15-/t19-,30?/m1/s1. The Labute approximate surface area is 253 Å². The van der Waals surface area contributed by atoms with Gasteiger partial charge < -0.3 is 19.5 Å². The van der Waals surface area contributed by atoms with Crippen molar-refractivity contribution in [2.75, 3.05) is 19.7 Å². The summed E-state index contributed by atoms with van der Waals surface area (Å²) >= 11 is 12.7. The molecule has 0 amide bonds. The number of pyridine rings is 2. The van der Waals surface area contributed by atoms with E-state index in [1.165, 1.54) is 24.7 Å². The number of ether oxygens (including phenoxy) is 3. The van der Waals surface area contributed by atoms with Crippen molar-refractivity contribution in [2.24, 2.45) is 0 Å². The first kappa shape index (κ1) is 28.9. The van der Waals surface area contributed by atoms with Crippen molar-refractivity contribution in [1.29, 1.82) is 0 Å². The summed E-state index contributed by atoms with van der Waals surface area (Å²) in [6.45, 7) is 4.37. The monoisotopic (exact) mass is 611 g/mol. The van der Waals surface area contributed by atoms with Crippen molar-refractivity contribution in [3.63, 3.8) is 0 Å². The van der Waals surface area contributed by atoms with Crippen molar-refractivity contribution < 1.29 is 18.6 Å². The van der Waals surface area contributed by atoms with E-state index >= 15 is 4.39 Å². The maximum absolute atomic E-state index is 15.6. The molecule has 220 valence electrons. The number of halogens is 3. The Hall–Kier alpha value is -3.24. The third-order valence-electron chi connectivity index (χ3n) is 7.59. The number of benzene rings is 1. The second-order valence-electron chi connectivity index (χ2n) is 10.6. The van der Waals surface area contributed by atoms with Crippen LogP contribution in [0.1, 0.15) is 68.2 Å². The molecule has 2 aliphatic heterocycles. The fraction of sp³-hybridized carbons (Fsp3) is 0.387. The highest BCUT2D eigenvalue weighted by atomic mass is 35.5. The lowest BCUT2D eigenvalue weighted by Gasteiger charge is -2.23. The summed E-state index contributed by atoms with van der Waals surface area (Å²) in [4.78, 5) is 8.37. The molecule has 0 radical (unpaired) electrons. The van der Waals surface area contributed by atoms with E-state index in [0.29, 0.717) is 45.1 Å². The molecule has 42 heavy (non-hydrogen) atoms. The number of rotatable bonds is 8. The van der Waals surface area contributed by atoms with E-state index < -0.39 is 11.9 Å². The van der Waals surface area contributed by atoms with Crippen LogP contribution in [0.3, 0.4) is 0 Å². The Bertz CT molecular complexity index is 1550. The Morgan fingerprint density at radius 2 is 1.90 bits per heavy atom. The van der Waals surface area contributed by atoms with Gasteiger partial charge in [0.15, 0.2) is 6.23 Å². The second kappa shape index (κ2) is 13.0. The molecule has 1 aromatic carbocycles. The first-order valence-electron chi connectivity index (χ1n) is 14.3. The largest absolute Gasteiger partial charge is 0.486 e. The number of hydrogen-bond acceptors (Lipinski definition) is 7. The van der Waals surface area contributed by atoms with E-state index in [-0.39, 0.29) is 12.3 Å². The molecular formula is C31H32Cl2FN5O3. The smallest absolute Gasteiger partial charge is 0.213 e. The van der Waals surface area contributed by atoms with E-state index in [0.717, 1.165) is 56.1 Å². The van der Waals surface area contributed by atoms with Crippen LogP contribution < -0.4 is 14.8 Å². The minimum absolute atomic E-state index is 0.118. The minimum Gasteiger partial charge on any atom is -0.486 e. The van der Waals surface area contributed by atoms with E-state index in [2.05, 4.69) is 15.3 Å². The van der Waals surface area contributed by atoms with Gasteiger partial charge in [-0.1, -0.05) is 23.2 Å². The molecule has 8 nitrogen and oxygen atoms in total. The quantitative estimate of drug-likeness (QED) is 0.220. The maximum Gasteiger partial charge on any atom is 0.213 e. The van der Waals surface area contributed by atoms with Gasteiger partial charge in [0.05, 0.1) is 21.3 Å². The number of nitrogens with zero attached hydrogens (tertiary/aromatic N) is 4. The fourth-order valence-electron chi connectivity index (χ4n) is 5.41. The predicted octanol–water partition coefficient (Wildman–Crippen LogP) is 7.57. The molecule has 0 bridgehead atoms. The Kier molecular flexibility index (Phi) is 8.90. The molecule has 11 heteroatoms. The highest BCUT2D eigenvalue weighted by Crippen LogP contribution is 2.36. The van der Waals surface area contributed by atoms with E-state index in [1.807, 2.05) is 29.8 Å². The summed E-state index contributed by atoms with van der Waals surface area (Å²) in [5, 5.41) is 9.69. The van der Waals surface area contributed by atoms with Gasteiger partial charge in [-0.2, -0.15) is 5.10 Å². The van der Waals surface area contributed by atoms with E-state index in [4.69, 9.17) is 42.5 Å². The van der Waals surface area contributed by atoms with Gasteiger partial charge in [-0.05, 0) is 76.4 Å². The molecule has 0 saturated carbocycles.